The number of nitrogens with zero attached hydrogens (tertiary/aromatic N) is 3. The van der Waals surface area contributed by atoms with Gasteiger partial charge in [0.25, 0.3) is 0 Å². The van der Waals surface area contributed by atoms with Gasteiger partial charge in [-0.1, -0.05) is 13.8 Å². The first-order chi connectivity index (χ1) is 8.13. The van der Waals surface area contributed by atoms with Gasteiger partial charge in [0.15, 0.2) is 5.82 Å². The lowest BCUT2D eigenvalue weighted by molar-refractivity contribution is 0.294. The van der Waals surface area contributed by atoms with E-state index in [1.165, 1.54) is 6.42 Å². The van der Waals surface area contributed by atoms with Crippen molar-refractivity contribution in [3.8, 4) is 0 Å². The first-order valence-electron chi connectivity index (χ1n) is 6.40. The summed E-state index contributed by atoms with van der Waals surface area (Å²) in [6.07, 6.45) is 3.00. The molecule has 3 unspecified atom stereocenters. The lowest BCUT2D eigenvalue weighted by atomic mass is 9.86. The zero-order valence-corrected chi connectivity index (χ0v) is 10.9. The summed E-state index contributed by atoms with van der Waals surface area (Å²) in [5, 5.41) is 8.29. The average Bonchev–Trinajstić information content (AvgIpc) is 2.33. The smallest absolute Gasteiger partial charge is 0.156 e. The Kier molecular flexibility index (Phi) is 3.62. The summed E-state index contributed by atoms with van der Waals surface area (Å²) in [6.45, 7) is 8.46. The van der Waals surface area contributed by atoms with Crippen molar-refractivity contribution in [3.05, 3.63) is 17.8 Å². The zero-order valence-electron chi connectivity index (χ0n) is 10.9. The predicted molar refractivity (Wildman–Crippen MR) is 69.7 cm³/mol. The normalized spacial score (nSPS) is 29.4. The van der Waals surface area contributed by atoms with E-state index in [4.69, 9.17) is 5.73 Å². The molecule has 1 fully saturated rings. The largest absolute Gasteiger partial charge is 0.352 e. The second kappa shape index (κ2) is 5.00. The van der Waals surface area contributed by atoms with Crippen LogP contribution < -0.4 is 10.6 Å². The van der Waals surface area contributed by atoms with Gasteiger partial charge < -0.3 is 10.6 Å². The van der Waals surface area contributed by atoms with E-state index < -0.39 is 0 Å². The molecule has 1 aromatic rings. The van der Waals surface area contributed by atoms with Gasteiger partial charge in [0.2, 0.25) is 0 Å². The van der Waals surface area contributed by atoms with Crippen LogP contribution in [0.25, 0.3) is 0 Å². The van der Waals surface area contributed by atoms with Crippen LogP contribution in [0.4, 0.5) is 5.82 Å². The number of nitrogens with two attached hydrogens (primary N) is 1. The fourth-order valence-electron chi connectivity index (χ4n) is 2.75. The molecule has 2 heterocycles. The Morgan fingerprint density at radius 3 is 2.88 bits per heavy atom. The third-order valence-electron chi connectivity index (χ3n) is 3.87. The summed E-state index contributed by atoms with van der Waals surface area (Å²) in [4.78, 5) is 2.37. The standard InChI is InChI=1S/C13H22N4/c1-9-6-10(2)11(3)17(8-9)13-12(7-14)4-5-15-16-13/h4-5,9-11H,6-8,14H2,1-3H3. The molecule has 2 rings (SSSR count). The van der Waals surface area contributed by atoms with Crippen LogP contribution in [0.1, 0.15) is 32.8 Å². The van der Waals surface area contributed by atoms with E-state index in [0.29, 0.717) is 24.4 Å². The quantitative estimate of drug-likeness (QED) is 0.848. The van der Waals surface area contributed by atoms with Crippen LogP contribution in [0, 0.1) is 11.8 Å². The van der Waals surface area contributed by atoms with Gasteiger partial charge in [0.05, 0.1) is 6.20 Å². The molecule has 3 atom stereocenters. The summed E-state index contributed by atoms with van der Waals surface area (Å²) in [7, 11) is 0. The molecular formula is C13H22N4. The second-order valence-electron chi connectivity index (χ2n) is 5.30. The lowest BCUT2D eigenvalue weighted by Crippen LogP contribution is -2.46. The van der Waals surface area contributed by atoms with Crippen LogP contribution >= 0.6 is 0 Å². The molecule has 1 saturated heterocycles. The summed E-state index contributed by atoms with van der Waals surface area (Å²) in [5.41, 5.74) is 6.87. The molecule has 1 aliphatic heterocycles. The predicted octanol–water partition coefficient (Wildman–Crippen LogP) is 1.81. The van der Waals surface area contributed by atoms with Crippen LogP contribution in [0.2, 0.25) is 0 Å². The first kappa shape index (κ1) is 12.3. The third kappa shape index (κ3) is 2.41. The SMILES string of the molecule is CC1CC(C)C(C)N(c2nnccc2CN)C1. The lowest BCUT2D eigenvalue weighted by Gasteiger charge is -2.42. The number of hydrogen-bond donors (Lipinski definition) is 1. The van der Waals surface area contributed by atoms with E-state index in [-0.39, 0.29) is 0 Å². The molecule has 0 aromatic carbocycles. The van der Waals surface area contributed by atoms with Crippen molar-refractivity contribution in [2.24, 2.45) is 17.6 Å². The molecule has 4 heteroatoms. The molecule has 94 valence electrons. The maximum absolute atomic E-state index is 5.78. The Labute approximate surface area is 103 Å². The monoisotopic (exact) mass is 234 g/mol. The molecule has 1 aromatic heterocycles. The van der Waals surface area contributed by atoms with E-state index in [2.05, 4.69) is 35.9 Å². The summed E-state index contributed by atoms with van der Waals surface area (Å²) in [5.74, 6) is 2.36. The van der Waals surface area contributed by atoms with Crippen molar-refractivity contribution in [1.29, 1.82) is 0 Å². The minimum absolute atomic E-state index is 0.508. The summed E-state index contributed by atoms with van der Waals surface area (Å²) >= 11 is 0. The molecule has 0 aliphatic carbocycles. The minimum atomic E-state index is 0.508. The van der Waals surface area contributed by atoms with Gasteiger partial charge in [-0.25, -0.2) is 0 Å². The highest BCUT2D eigenvalue weighted by Crippen LogP contribution is 2.31. The minimum Gasteiger partial charge on any atom is -0.352 e. The molecule has 2 N–H and O–H groups in total. The molecule has 0 spiro atoms. The molecule has 4 nitrogen and oxygen atoms in total. The highest BCUT2D eigenvalue weighted by Gasteiger charge is 2.30. The number of rotatable bonds is 2. The fraction of sp³-hybridized carbons (Fsp3) is 0.692. The van der Waals surface area contributed by atoms with Gasteiger partial charge in [-0.2, -0.15) is 5.10 Å². The molecular weight excluding hydrogens is 212 g/mol. The highest BCUT2D eigenvalue weighted by atomic mass is 15.3. The zero-order chi connectivity index (χ0) is 12.4. The summed E-state index contributed by atoms with van der Waals surface area (Å²) in [6, 6.07) is 2.48. The van der Waals surface area contributed by atoms with Crippen molar-refractivity contribution in [1.82, 2.24) is 10.2 Å². The van der Waals surface area contributed by atoms with E-state index >= 15 is 0 Å². The van der Waals surface area contributed by atoms with E-state index in [1.54, 1.807) is 6.20 Å². The Hall–Kier alpha value is -1.16. The van der Waals surface area contributed by atoms with Gasteiger partial charge in [-0.3, -0.25) is 0 Å². The van der Waals surface area contributed by atoms with Crippen molar-refractivity contribution in [2.75, 3.05) is 11.4 Å². The molecule has 1 aliphatic rings. The number of piperidine rings is 1. The van der Waals surface area contributed by atoms with Crippen LogP contribution in [0.3, 0.4) is 0 Å². The van der Waals surface area contributed by atoms with Gasteiger partial charge >= 0.3 is 0 Å². The average molecular weight is 234 g/mol. The highest BCUT2D eigenvalue weighted by molar-refractivity contribution is 5.47. The molecule has 0 radical (unpaired) electrons. The molecule has 0 amide bonds. The maximum Gasteiger partial charge on any atom is 0.156 e. The van der Waals surface area contributed by atoms with Crippen LogP contribution in [-0.4, -0.2) is 22.8 Å². The third-order valence-corrected chi connectivity index (χ3v) is 3.87. The Morgan fingerprint density at radius 1 is 1.41 bits per heavy atom. The van der Waals surface area contributed by atoms with Crippen LogP contribution in [-0.2, 0) is 6.54 Å². The Bertz CT molecular complexity index is 379. The van der Waals surface area contributed by atoms with Crippen LogP contribution in [0.5, 0.6) is 0 Å². The Morgan fingerprint density at radius 2 is 2.18 bits per heavy atom. The Balaban J connectivity index is 2.31. The number of anilines is 1. The number of hydrogen-bond acceptors (Lipinski definition) is 4. The van der Waals surface area contributed by atoms with Crippen molar-refractivity contribution >= 4 is 5.82 Å². The van der Waals surface area contributed by atoms with Crippen molar-refractivity contribution in [3.63, 3.8) is 0 Å². The van der Waals surface area contributed by atoms with Crippen LogP contribution in [0.15, 0.2) is 12.3 Å². The number of aromatic nitrogens is 2. The van der Waals surface area contributed by atoms with Gasteiger partial charge in [-0.15, -0.1) is 5.10 Å². The summed E-state index contributed by atoms with van der Waals surface area (Å²) < 4.78 is 0. The second-order valence-corrected chi connectivity index (χ2v) is 5.30. The molecule has 0 saturated carbocycles. The fourth-order valence-corrected chi connectivity index (χ4v) is 2.75. The van der Waals surface area contributed by atoms with E-state index in [0.717, 1.165) is 17.9 Å². The van der Waals surface area contributed by atoms with E-state index in [9.17, 15) is 0 Å². The van der Waals surface area contributed by atoms with Crippen molar-refractivity contribution < 1.29 is 0 Å². The topological polar surface area (TPSA) is 55.0 Å². The van der Waals surface area contributed by atoms with Gasteiger partial charge in [0.1, 0.15) is 0 Å². The molecule has 0 bridgehead atoms. The van der Waals surface area contributed by atoms with Crippen molar-refractivity contribution in [2.45, 2.75) is 39.8 Å². The van der Waals surface area contributed by atoms with Gasteiger partial charge in [-0.05, 0) is 31.2 Å². The molecule has 17 heavy (non-hydrogen) atoms. The van der Waals surface area contributed by atoms with Gasteiger partial charge in [0, 0.05) is 24.7 Å². The first-order valence-corrected chi connectivity index (χ1v) is 6.40. The van der Waals surface area contributed by atoms with E-state index in [1.807, 2.05) is 6.07 Å². The maximum atomic E-state index is 5.78.